The van der Waals surface area contributed by atoms with E-state index in [9.17, 15) is 5.53 Å². The second-order valence-corrected chi connectivity index (χ2v) is 20.1. The van der Waals surface area contributed by atoms with Crippen LogP contribution < -0.4 is 0 Å². The van der Waals surface area contributed by atoms with Gasteiger partial charge >= 0.3 is 75.6 Å². The molecule has 3 rings (SSSR count). The van der Waals surface area contributed by atoms with Gasteiger partial charge in [-0.1, -0.05) is 182 Å². The van der Waals surface area contributed by atoms with Crippen LogP contribution in [-0.4, -0.2) is 17.9 Å². The Labute approximate surface area is 410 Å². The number of aryl methyl sites for hydroxylation is 4. The molecule has 0 radical (unpaired) electrons. The topological polar surface area (TPSA) is 43.8 Å². The molecule has 0 N–H and O–H groups in total. The van der Waals surface area contributed by atoms with E-state index in [1.807, 2.05) is 0 Å². The molecule has 0 fully saturated rings. The first-order valence-electron chi connectivity index (χ1n) is 28.0. The maximum atomic E-state index is 12.4. The van der Waals surface area contributed by atoms with Crippen LogP contribution in [0.25, 0.3) is 16.9 Å². The van der Waals surface area contributed by atoms with Crippen molar-refractivity contribution in [3.63, 3.8) is 0 Å². The van der Waals surface area contributed by atoms with Crippen molar-refractivity contribution >= 4 is 11.4 Å². The average Bonchev–Trinajstić information content (AvgIpc) is 3.65. The van der Waals surface area contributed by atoms with Crippen molar-refractivity contribution in [1.29, 1.82) is 0 Å². The quantitative estimate of drug-likeness (QED) is 0.0379. The van der Waals surface area contributed by atoms with E-state index in [4.69, 9.17) is 7.76 Å². The number of hydrogen-bond donors (Lipinski definition) is 0. The summed E-state index contributed by atoms with van der Waals surface area (Å²) < 4.78 is 11.9. The van der Waals surface area contributed by atoms with Crippen LogP contribution in [0, 0.1) is 0 Å². The molecule has 5 heteroatoms. The SMILES string of the molecule is CCCCCCCCC1=C(c2cc(CCCCCC)cc(CCCCCCCC)c2)[N+](=[N-])C(c2cc(CCCCCC)cc(CCCCCCCC)c2)=C1.CCCC[O][Ni][O]CCCC. The number of rotatable bonds is 41. The normalized spacial score (nSPS) is 12.7. The average molecular weight is 942 g/mol. The third kappa shape index (κ3) is 27.5. The van der Waals surface area contributed by atoms with E-state index in [1.54, 1.807) is 4.70 Å². The molecule has 0 saturated heterocycles. The molecule has 0 aromatic heterocycles. The van der Waals surface area contributed by atoms with Crippen LogP contribution in [0.5, 0.6) is 0 Å². The van der Waals surface area contributed by atoms with E-state index in [0.717, 1.165) is 84.6 Å². The molecule has 2 aromatic rings. The Hall–Kier alpha value is -2.07. The predicted octanol–water partition coefficient (Wildman–Crippen LogP) is 19.8. The first-order chi connectivity index (χ1) is 32.0. The molecule has 374 valence electrons. The van der Waals surface area contributed by atoms with Crippen LogP contribution in [-0.2, 0) is 48.5 Å². The number of unbranched alkanes of at least 4 members (excludes halogenated alkanes) is 23. The molecule has 0 spiro atoms. The molecule has 4 nitrogen and oxygen atoms in total. The molecule has 0 amide bonds. The van der Waals surface area contributed by atoms with Crippen molar-refractivity contribution in [1.82, 2.24) is 0 Å². The molecule has 0 bridgehead atoms. The van der Waals surface area contributed by atoms with Crippen molar-refractivity contribution in [2.24, 2.45) is 0 Å². The van der Waals surface area contributed by atoms with Gasteiger partial charge in [-0.25, -0.2) is 4.70 Å². The summed E-state index contributed by atoms with van der Waals surface area (Å²) >= 11 is 0.968. The fraction of sp³-hybridized carbons (Fsp3) is 0.733. The first-order valence-corrected chi connectivity index (χ1v) is 28.8. The van der Waals surface area contributed by atoms with E-state index in [2.05, 4.69) is 90.9 Å². The Morgan fingerprint density at radius 3 is 1.05 bits per heavy atom. The van der Waals surface area contributed by atoms with Gasteiger partial charge in [0, 0.05) is 22.8 Å². The van der Waals surface area contributed by atoms with Crippen LogP contribution in [0.1, 0.15) is 281 Å². The third-order valence-electron chi connectivity index (χ3n) is 13.0. The number of hydrogen-bond acceptors (Lipinski definition) is 2. The number of nitrogens with zero attached hydrogens (tertiary/aromatic N) is 2. The Morgan fingerprint density at radius 1 is 0.369 bits per heavy atom. The standard InChI is InChI=1S/C52H84N2.2C4H9O.Ni/c1-6-11-16-21-24-29-34-45-37-44(32-27-19-14-9-4)39-49(40-45)51-43-48(36-31-26-23-18-13-8-3)52(54(51)53)50-41-46(33-28-20-15-10-5)38-47(42-50)35-30-25-22-17-12-7-2;2*1-2-3-4-5;/h37-43H,6-36H2,1-5H3;2*2-4H2,1H3;/q;2*-1;+2. The van der Waals surface area contributed by atoms with E-state index >= 15 is 0 Å². The molecule has 0 unspecified atom stereocenters. The van der Waals surface area contributed by atoms with E-state index in [0.29, 0.717) is 0 Å². The van der Waals surface area contributed by atoms with Crippen molar-refractivity contribution in [2.75, 3.05) is 13.2 Å². The van der Waals surface area contributed by atoms with E-state index in [1.165, 1.54) is 219 Å². The molecule has 1 aliphatic rings. The number of allylic oxidation sites excluding steroid dienone is 2. The summed E-state index contributed by atoms with van der Waals surface area (Å²) in [5.74, 6) is 0. The molecule has 0 atom stereocenters. The Morgan fingerprint density at radius 2 is 0.677 bits per heavy atom. The molecule has 0 saturated carbocycles. The molecule has 65 heavy (non-hydrogen) atoms. The van der Waals surface area contributed by atoms with Gasteiger partial charge in [0.05, 0.1) is 0 Å². The zero-order chi connectivity index (χ0) is 47.0. The van der Waals surface area contributed by atoms with Crippen molar-refractivity contribution < 1.29 is 27.5 Å². The zero-order valence-electron chi connectivity index (χ0n) is 43.7. The minimum atomic E-state index is 0.808. The molecule has 2 aromatic carbocycles. The molecule has 0 aliphatic carbocycles. The summed E-state index contributed by atoms with van der Waals surface area (Å²) in [6.07, 6.45) is 46.4. The second kappa shape index (κ2) is 41.0. The van der Waals surface area contributed by atoms with Gasteiger partial charge in [0.15, 0.2) is 0 Å². The van der Waals surface area contributed by atoms with Gasteiger partial charge in [0.2, 0.25) is 11.4 Å². The minimum absolute atomic E-state index is 0.808. The third-order valence-corrected chi connectivity index (χ3v) is 13.6. The van der Waals surface area contributed by atoms with Crippen LogP contribution in [0.3, 0.4) is 0 Å². The fourth-order valence-corrected chi connectivity index (χ4v) is 9.46. The summed E-state index contributed by atoms with van der Waals surface area (Å²) in [5.41, 5.74) is 23.9. The van der Waals surface area contributed by atoms with Gasteiger partial charge in [-0.3, -0.25) is 0 Å². The van der Waals surface area contributed by atoms with Gasteiger partial charge in [-0.2, -0.15) is 0 Å². The molecular formula is C60H102N2NiO2. The first kappa shape index (κ1) is 59.1. The second-order valence-electron chi connectivity index (χ2n) is 19.3. The van der Waals surface area contributed by atoms with Crippen LogP contribution in [0.2, 0.25) is 0 Å². The van der Waals surface area contributed by atoms with E-state index in [-0.39, 0.29) is 0 Å². The monoisotopic (exact) mass is 941 g/mol. The van der Waals surface area contributed by atoms with Gasteiger partial charge in [0.1, 0.15) is 0 Å². The van der Waals surface area contributed by atoms with Gasteiger partial charge in [0.25, 0.3) is 0 Å². The Kier molecular flexibility index (Phi) is 37.2. The molecule has 1 aliphatic heterocycles. The van der Waals surface area contributed by atoms with Crippen LogP contribution in [0.4, 0.5) is 0 Å². The Bertz CT molecular complexity index is 1540. The maximum absolute atomic E-state index is 12.4. The summed E-state index contributed by atoms with van der Waals surface area (Å²) in [6.45, 7) is 17.4. The van der Waals surface area contributed by atoms with E-state index < -0.39 is 0 Å². The van der Waals surface area contributed by atoms with Crippen molar-refractivity contribution in [3.8, 4) is 0 Å². The van der Waals surface area contributed by atoms with Gasteiger partial charge < -0.3 is 5.53 Å². The summed E-state index contributed by atoms with van der Waals surface area (Å²) in [4.78, 5) is 0. The molecule has 1 heterocycles. The van der Waals surface area contributed by atoms with Crippen LogP contribution in [0.15, 0.2) is 48.0 Å². The van der Waals surface area contributed by atoms with Crippen molar-refractivity contribution in [2.45, 2.75) is 273 Å². The summed E-state index contributed by atoms with van der Waals surface area (Å²) in [5, 5.41) is 0. The van der Waals surface area contributed by atoms with Gasteiger partial charge in [-0.05, 0) is 111 Å². The van der Waals surface area contributed by atoms with Crippen molar-refractivity contribution in [3.05, 3.63) is 87.0 Å². The zero-order valence-corrected chi connectivity index (χ0v) is 44.7. The molecular weight excluding hydrogens is 839 g/mol. The number of benzene rings is 2. The summed E-state index contributed by atoms with van der Waals surface area (Å²) in [7, 11) is 0. The van der Waals surface area contributed by atoms with Crippen LogP contribution >= 0.6 is 0 Å². The summed E-state index contributed by atoms with van der Waals surface area (Å²) in [6, 6.07) is 14.7. The van der Waals surface area contributed by atoms with Gasteiger partial charge in [-0.15, -0.1) is 0 Å². The predicted molar refractivity (Wildman–Crippen MR) is 281 cm³/mol. The fourth-order valence-electron chi connectivity index (χ4n) is 8.93. The Balaban J connectivity index is 0.00000116.